The van der Waals surface area contributed by atoms with Gasteiger partial charge < -0.3 is 10.4 Å². The number of amides is 1. The number of nitrogens with one attached hydrogen (secondary N) is 1. The van der Waals surface area contributed by atoms with Crippen LogP contribution in [0.15, 0.2) is 12.3 Å². The molecular formula is C12H16ClN3O4. The molecule has 0 saturated carbocycles. The number of rotatable bonds is 6. The van der Waals surface area contributed by atoms with Crippen LogP contribution >= 0.6 is 11.6 Å². The van der Waals surface area contributed by atoms with Crippen molar-refractivity contribution >= 4 is 23.2 Å². The molecule has 7 nitrogen and oxygen atoms in total. The van der Waals surface area contributed by atoms with Gasteiger partial charge in [0.25, 0.3) is 11.6 Å². The smallest absolute Gasteiger partial charge is 0.288 e. The fourth-order valence-corrected chi connectivity index (χ4v) is 1.88. The third kappa shape index (κ3) is 4.43. The van der Waals surface area contributed by atoms with E-state index in [-0.39, 0.29) is 22.9 Å². The van der Waals surface area contributed by atoms with E-state index in [1.54, 1.807) is 6.92 Å². The maximum absolute atomic E-state index is 11.9. The Morgan fingerprint density at radius 1 is 1.65 bits per heavy atom. The molecule has 0 aliphatic heterocycles. The second kappa shape index (κ2) is 6.62. The molecule has 20 heavy (non-hydrogen) atoms. The van der Waals surface area contributed by atoms with E-state index in [2.05, 4.69) is 10.3 Å². The highest BCUT2D eigenvalue weighted by molar-refractivity contribution is 6.32. The van der Waals surface area contributed by atoms with Gasteiger partial charge in [-0.25, -0.2) is 4.98 Å². The molecular weight excluding hydrogens is 286 g/mol. The van der Waals surface area contributed by atoms with E-state index in [0.29, 0.717) is 6.42 Å². The third-order valence-electron chi connectivity index (χ3n) is 2.70. The van der Waals surface area contributed by atoms with Crippen LogP contribution in [0.3, 0.4) is 0 Å². The lowest BCUT2D eigenvalue weighted by atomic mass is 10.0. The zero-order chi connectivity index (χ0) is 15.3. The number of hydrogen-bond donors (Lipinski definition) is 2. The average molecular weight is 302 g/mol. The van der Waals surface area contributed by atoms with Crippen molar-refractivity contribution in [2.75, 3.05) is 6.54 Å². The number of nitrogens with zero attached hydrogens (tertiary/aromatic N) is 2. The molecule has 1 atom stereocenters. The topological polar surface area (TPSA) is 105 Å². The second-order valence-corrected chi connectivity index (χ2v) is 5.08. The summed E-state index contributed by atoms with van der Waals surface area (Å²) in [6.45, 7) is 3.54. The van der Waals surface area contributed by atoms with Crippen LogP contribution in [0.1, 0.15) is 37.0 Å². The Kier molecular flexibility index (Phi) is 5.41. The molecule has 1 rings (SSSR count). The van der Waals surface area contributed by atoms with Crippen LogP contribution in [-0.2, 0) is 0 Å². The van der Waals surface area contributed by atoms with Crippen LogP contribution in [-0.4, -0.2) is 33.1 Å². The van der Waals surface area contributed by atoms with Crippen LogP contribution in [0, 0.1) is 10.1 Å². The molecule has 1 aromatic rings. The number of aliphatic hydroxyl groups is 1. The highest BCUT2D eigenvalue weighted by Crippen LogP contribution is 2.19. The van der Waals surface area contributed by atoms with E-state index in [4.69, 9.17) is 11.6 Å². The van der Waals surface area contributed by atoms with Gasteiger partial charge in [-0.1, -0.05) is 24.9 Å². The Labute approximate surface area is 121 Å². The number of aromatic nitrogens is 1. The third-order valence-corrected chi connectivity index (χ3v) is 3.00. The number of halogens is 1. The van der Waals surface area contributed by atoms with Crippen LogP contribution in [0.5, 0.6) is 0 Å². The average Bonchev–Trinajstić information content (AvgIpc) is 2.36. The van der Waals surface area contributed by atoms with E-state index in [9.17, 15) is 20.0 Å². The minimum absolute atomic E-state index is 0.0265. The maximum Gasteiger partial charge on any atom is 0.288 e. The lowest BCUT2D eigenvalue weighted by Gasteiger charge is -2.22. The van der Waals surface area contributed by atoms with Gasteiger partial charge in [0, 0.05) is 12.6 Å². The van der Waals surface area contributed by atoms with Gasteiger partial charge in [-0.05, 0) is 13.3 Å². The fourth-order valence-electron chi connectivity index (χ4n) is 1.69. The lowest BCUT2D eigenvalue weighted by Crippen LogP contribution is -2.40. The first-order chi connectivity index (χ1) is 9.26. The van der Waals surface area contributed by atoms with Gasteiger partial charge in [0.15, 0.2) is 0 Å². The van der Waals surface area contributed by atoms with Gasteiger partial charge in [0.2, 0.25) is 0 Å². The molecule has 0 aromatic carbocycles. The minimum atomic E-state index is -1.04. The Hall–Kier alpha value is -1.73. The molecule has 0 bridgehead atoms. The maximum atomic E-state index is 11.9. The Balaban J connectivity index is 2.82. The quantitative estimate of drug-likeness (QED) is 0.474. The summed E-state index contributed by atoms with van der Waals surface area (Å²) in [5.41, 5.74) is -1.45. The monoisotopic (exact) mass is 301 g/mol. The summed E-state index contributed by atoms with van der Waals surface area (Å²) >= 11 is 5.75. The van der Waals surface area contributed by atoms with E-state index in [1.165, 1.54) is 0 Å². The standard InChI is InChI=1S/C12H16ClN3O4/c1-3-4-12(2,18)7-15-11(17)9-5-8(16(19)20)6-14-10(9)13/h5-6,18H,3-4,7H2,1-2H3,(H,15,17). The van der Waals surface area contributed by atoms with Crippen molar-refractivity contribution in [3.8, 4) is 0 Å². The number of nitro groups is 1. The summed E-state index contributed by atoms with van der Waals surface area (Å²) in [6.07, 6.45) is 2.27. The second-order valence-electron chi connectivity index (χ2n) is 4.72. The van der Waals surface area contributed by atoms with Gasteiger partial charge in [-0.3, -0.25) is 14.9 Å². The molecule has 0 radical (unpaired) electrons. The first-order valence-electron chi connectivity index (χ1n) is 6.07. The Morgan fingerprint density at radius 2 is 2.30 bits per heavy atom. The van der Waals surface area contributed by atoms with Crippen LogP contribution in [0.2, 0.25) is 5.15 Å². The molecule has 1 aromatic heterocycles. The van der Waals surface area contributed by atoms with E-state index < -0.39 is 16.4 Å². The summed E-state index contributed by atoms with van der Waals surface area (Å²) < 4.78 is 0. The molecule has 110 valence electrons. The SMILES string of the molecule is CCCC(C)(O)CNC(=O)c1cc([N+](=O)[O-])cnc1Cl. The predicted molar refractivity (Wildman–Crippen MR) is 73.8 cm³/mol. The van der Waals surface area contributed by atoms with Gasteiger partial charge in [-0.2, -0.15) is 0 Å². The van der Waals surface area contributed by atoms with Crippen molar-refractivity contribution in [3.63, 3.8) is 0 Å². The molecule has 0 aliphatic rings. The zero-order valence-corrected chi connectivity index (χ0v) is 12.0. The largest absolute Gasteiger partial charge is 0.388 e. The highest BCUT2D eigenvalue weighted by Gasteiger charge is 2.22. The predicted octanol–water partition coefficient (Wildman–Crippen LogP) is 1.92. The van der Waals surface area contributed by atoms with E-state index in [0.717, 1.165) is 18.7 Å². The van der Waals surface area contributed by atoms with Crippen molar-refractivity contribution in [1.29, 1.82) is 0 Å². The summed E-state index contributed by atoms with van der Waals surface area (Å²) in [6, 6.07) is 1.05. The number of hydrogen-bond acceptors (Lipinski definition) is 5. The summed E-state index contributed by atoms with van der Waals surface area (Å²) in [4.78, 5) is 25.5. The van der Waals surface area contributed by atoms with Crippen molar-refractivity contribution in [1.82, 2.24) is 10.3 Å². The highest BCUT2D eigenvalue weighted by atomic mass is 35.5. The normalized spacial score (nSPS) is 13.6. The number of pyridine rings is 1. The van der Waals surface area contributed by atoms with Crippen LogP contribution in [0.4, 0.5) is 5.69 Å². The molecule has 0 spiro atoms. The zero-order valence-electron chi connectivity index (χ0n) is 11.2. The van der Waals surface area contributed by atoms with Gasteiger partial charge in [0.05, 0.1) is 16.1 Å². The minimum Gasteiger partial charge on any atom is -0.388 e. The summed E-state index contributed by atoms with van der Waals surface area (Å²) in [5.74, 6) is -0.609. The molecule has 1 unspecified atom stereocenters. The lowest BCUT2D eigenvalue weighted by molar-refractivity contribution is -0.385. The molecule has 8 heteroatoms. The van der Waals surface area contributed by atoms with Crippen molar-refractivity contribution < 1.29 is 14.8 Å². The van der Waals surface area contributed by atoms with E-state index >= 15 is 0 Å². The molecule has 0 saturated heterocycles. The van der Waals surface area contributed by atoms with Gasteiger partial charge in [0.1, 0.15) is 11.3 Å². The van der Waals surface area contributed by atoms with Gasteiger partial charge >= 0.3 is 0 Å². The van der Waals surface area contributed by atoms with Crippen molar-refractivity contribution in [2.45, 2.75) is 32.3 Å². The molecule has 1 amide bonds. The number of carbonyl (C=O) groups is 1. The molecule has 0 aliphatic carbocycles. The first-order valence-corrected chi connectivity index (χ1v) is 6.45. The molecule has 1 heterocycles. The van der Waals surface area contributed by atoms with Crippen LogP contribution in [0.25, 0.3) is 0 Å². The fraction of sp³-hybridized carbons (Fsp3) is 0.500. The summed E-state index contributed by atoms with van der Waals surface area (Å²) in [5, 5.41) is 23.0. The number of carbonyl (C=O) groups excluding carboxylic acids is 1. The first kappa shape index (κ1) is 16.3. The Morgan fingerprint density at radius 3 is 2.85 bits per heavy atom. The van der Waals surface area contributed by atoms with Gasteiger partial charge in [-0.15, -0.1) is 0 Å². The van der Waals surface area contributed by atoms with Crippen molar-refractivity contribution in [3.05, 3.63) is 33.1 Å². The summed E-state index contributed by atoms with van der Waals surface area (Å²) in [7, 11) is 0. The molecule has 0 fully saturated rings. The van der Waals surface area contributed by atoms with Crippen LogP contribution < -0.4 is 5.32 Å². The molecule has 2 N–H and O–H groups in total. The Bertz CT molecular complexity index is 519. The van der Waals surface area contributed by atoms with Crippen molar-refractivity contribution in [2.24, 2.45) is 0 Å². The van der Waals surface area contributed by atoms with E-state index in [1.807, 2.05) is 6.92 Å².